The number of benzene rings is 1. The van der Waals surface area contributed by atoms with Gasteiger partial charge < -0.3 is 5.73 Å². The van der Waals surface area contributed by atoms with Gasteiger partial charge in [-0.25, -0.2) is 4.39 Å². The first-order chi connectivity index (χ1) is 8.08. The SMILES string of the molecule is Cn1nccc1C(N)Cc1cc(F)ccc1Br. The van der Waals surface area contributed by atoms with E-state index >= 15 is 0 Å². The molecular formula is C12H13BrFN3. The second-order valence-electron chi connectivity index (χ2n) is 3.93. The zero-order valence-corrected chi connectivity index (χ0v) is 11.0. The smallest absolute Gasteiger partial charge is 0.123 e. The maximum Gasteiger partial charge on any atom is 0.123 e. The van der Waals surface area contributed by atoms with Gasteiger partial charge in [-0.2, -0.15) is 5.10 Å². The minimum absolute atomic E-state index is 0.194. The molecule has 1 unspecified atom stereocenters. The summed E-state index contributed by atoms with van der Waals surface area (Å²) in [7, 11) is 1.84. The molecule has 0 bridgehead atoms. The summed E-state index contributed by atoms with van der Waals surface area (Å²) in [4.78, 5) is 0. The van der Waals surface area contributed by atoms with E-state index in [1.165, 1.54) is 12.1 Å². The molecule has 2 aromatic rings. The molecule has 2 N–H and O–H groups in total. The molecule has 3 nitrogen and oxygen atoms in total. The van der Waals surface area contributed by atoms with Crippen LogP contribution in [0.3, 0.4) is 0 Å². The Balaban J connectivity index is 2.21. The van der Waals surface area contributed by atoms with Crippen molar-refractivity contribution >= 4 is 15.9 Å². The van der Waals surface area contributed by atoms with Crippen LogP contribution in [0.15, 0.2) is 34.9 Å². The zero-order chi connectivity index (χ0) is 12.4. The number of nitrogens with two attached hydrogens (primary N) is 1. The van der Waals surface area contributed by atoms with E-state index in [4.69, 9.17) is 5.73 Å². The third-order valence-electron chi connectivity index (χ3n) is 2.69. The molecule has 90 valence electrons. The van der Waals surface area contributed by atoms with Crippen LogP contribution in [-0.2, 0) is 13.5 Å². The Kier molecular flexibility index (Phi) is 3.59. The fraction of sp³-hybridized carbons (Fsp3) is 0.250. The van der Waals surface area contributed by atoms with Crippen LogP contribution in [0.5, 0.6) is 0 Å². The molecule has 0 saturated carbocycles. The lowest BCUT2D eigenvalue weighted by Crippen LogP contribution is -2.17. The van der Waals surface area contributed by atoms with E-state index in [2.05, 4.69) is 21.0 Å². The normalized spacial score (nSPS) is 12.7. The van der Waals surface area contributed by atoms with Crippen LogP contribution in [-0.4, -0.2) is 9.78 Å². The Hall–Kier alpha value is -1.20. The van der Waals surface area contributed by atoms with Gasteiger partial charge in [-0.1, -0.05) is 15.9 Å². The number of halogens is 2. The van der Waals surface area contributed by atoms with Gasteiger partial charge in [0, 0.05) is 17.7 Å². The number of rotatable bonds is 3. The molecule has 0 fully saturated rings. The van der Waals surface area contributed by atoms with Gasteiger partial charge in [-0.3, -0.25) is 4.68 Å². The van der Waals surface area contributed by atoms with Crippen molar-refractivity contribution in [1.82, 2.24) is 9.78 Å². The van der Waals surface area contributed by atoms with Crippen LogP contribution >= 0.6 is 15.9 Å². The van der Waals surface area contributed by atoms with Gasteiger partial charge >= 0.3 is 0 Å². The predicted molar refractivity (Wildman–Crippen MR) is 67.9 cm³/mol. The molecule has 1 heterocycles. The maximum atomic E-state index is 13.1. The van der Waals surface area contributed by atoms with E-state index in [9.17, 15) is 4.39 Å². The molecule has 1 aromatic carbocycles. The molecule has 0 aliphatic rings. The largest absolute Gasteiger partial charge is 0.322 e. The molecule has 0 aliphatic carbocycles. The summed E-state index contributed by atoms with van der Waals surface area (Å²) >= 11 is 3.40. The summed E-state index contributed by atoms with van der Waals surface area (Å²) < 4.78 is 15.7. The second-order valence-corrected chi connectivity index (χ2v) is 4.78. The number of hydrogen-bond donors (Lipinski definition) is 1. The average Bonchev–Trinajstić information content (AvgIpc) is 2.70. The Labute approximate surface area is 108 Å². The second kappa shape index (κ2) is 4.98. The van der Waals surface area contributed by atoms with Crippen molar-refractivity contribution in [3.63, 3.8) is 0 Å². The first-order valence-corrected chi connectivity index (χ1v) is 6.04. The maximum absolute atomic E-state index is 13.1. The molecule has 1 atom stereocenters. The fourth-order valence-corrected chi connectivity index (χ4v) is 2.20. The van der Waals surface area contributed by atoms with E-state index in [0.717, 1.165) is 15.7 Å². The molecule has 0 radical (unpaired) electrons. The highest BCUT2D eigenvalue weighted by atomic mass is 79.9. The average molecular weight is 298 g/mol. The first-order valence-electron chi connectivity index (χ1n) is 5.25. The van der Waals surface area contributed by atoms with Gasteiger partial charge in [0.05, 0.1) is 11.7 Å². The van der Waals surface area contributed by atoms with Crippen LogP contribution in [0, 0.1) is 5.82 Å². The highest BCUT2D eigenvalue weighted by Gasteiger charge is 2.13. The highest BCUT2D eigenvalue weighted by Crippen LogP contribution is 2.23. The third kappa shape index (κ3) is 2.73. The Morgan fingerprint density at radius 1 is 1.47 bits per heavy atom. The van der Waals surface area contributed by atoms with Crippen molar-refractivity contribution in [2.45, 2.75) is 12.5 Å². The van der Waals surface area contributed by atoms with Crippen LogP contribution < -0.4 is 5.73 Å². The van der Waals surface area contributed by atoms with E-state index in [1.54, 1.807) is 16.9 Å². The topological polar surface area (TPSA) is 43.8 Å². The summed E-state index contributed by atoms with van der Waals surface area (Å²) in [5.41, 5.74) is 7.88. The quantitative estimate of drug-likeness (QED) is 0.946. The lowest BCUT2D eigenvalue weighted by molar-refractivity contribution is 0.604. The molecule has 0 spiro atoms. The highest BCUT2D eigenvalue weighted by molar-refractivity contribution is 9.10. The van der Waals surface area contributed by atoms with Crippen molar-refractivity contribution in [1.29, 1.82) is 0 Å². The van der Waals surface area contributed by atoms with Gasteiger partial charge in [0.2, 0.25) is 0 Å². The van der Waals surface area contributed by atoms with Gasteiger partial charge in [0.15, 0.2) is 0 Å². The van der Waals surface area contributed by atoms with Crippen molar-refractivity contribution in [3.05, 3.63) is 52.0 Å². The summed E-state index contributed by atoms with van der Waals surface area (Å²) in [6, 6.07) is 6.29. The van der Waals surface area contributed by atoms with Crippen molar-refractivity contribution in [2.24, 2.45) is 12.8 Å². The molecule has 0 aliphatic heterocycles. The van der Waals surface area contributed by atoms with Crippen molar-refractivity contribution in [3.8, 4) is 0 Å². The molecular weight excluding hydrogens is 285 g/mol. The summed E-state index contributed by atoms with van der Waals surface area (Å²) in [5.74, 6) is -0.250. The molecule has 5 heteroatoms. The summed E-state index contributed by atoms with van der Waals surface area (Å²) in [6.07, 6.45) is 2.27. The lowest BCUT2D eigenvalue weighted by atomic mass is 10.0. The van der Waals surface area contributed by atoms with E-state index in [-0.39, 0.29) is 11.9 Å². The third-order valence-corrected chi connectivity index (χ3v) is 3.46. The molecule has 17 heavy (non-hydrogen) atoms. The summed E-state index contributed by atoms with van der Waals surface area (Å²) in [6.45, 7) is 0. The van der Waals surface area contributed by atoms with Gasteiger partial charge in [-0.15, -0.1) is 0 Å². The van der Waals surface area contributed by atoms with Gasteiger partial charge in [0.1, 0.15) is 5.82 Å². The van der Waals surface area contributed by atoms with E-state index in [1.807, 2.05) is 13.1 Å². The standard InChI is InChI=1S/C12H13BrFN3/c1-17-12(4-5-16-17)11(15)7-8-6-9(14)2-3-10(8)13/h2-6,11H,7,15H2,1H3. The van der Waals surface area contributed by atoms with E-state index < -0.39 is 0 Å². The van der Waals surface area contributed by atoms with Gasteiger partial charge in [0.25, 0.3) is 0 Å². The lowest BCUT2D eigenvalue weighted by Gasteiger charge is -2.13. The Bertz CT molecular complexity index is 524. The number of nitrogens with zero attached hydrogens (tertiary/aromatic N) is 2. The minimum Gasteiger partial charge on any atom is -0.322 e. The van der Waals surface area contributed by atoms with Crippen molar-refractivity contribution < 1.29 is 4.39 Å². The van der Waals surface area contributed by atoms with Crippen LogP contribution in [0.1, 0.15) is 17.3 Å². The van der Waals surface area contributed by atoms with E-state index in [0.29, 0.717) is 6.42 Å². The molecule has 2 rings (SSSR count). The Morgan fingerprint density at radius 2 is 2.24 bits per heavy atom. The van der Waals surface area contributed by atoms with Crippen LogP contribution in [0.25, 0.3) is 0 Å². The number of aryl methyl sites for hydroxylation is 1. The van der Waals surface area contributed by atoms with Crippen molar-refractivity contribution in [2.75, 3.05) is 0 Å². The van der Waals surface area contributed by atoms with Crippen LogP contribution in [0.4, 0.5) is 4.39 Å². The van der Waals surface area contributed by atoms with Gasteiger partial charge in [-0.05, 0) is 36.2 Å². The predicted octanol–water partition coefficient (Wildman–Crippen LogP) is 2.56. The Morgan fingerprint density at radius 3 is 2.88 bits per heavy atom. The monoisotopic (exact) mass is 297 g/mol. The number of hydrogen-bond acceptors (Lipinski definition) is 2. The first kappa shape index (κ1) is 12.3. The summed E-state index contributed by atoms with van der Waals surface area (Å²) in [5, 5.41) is 4.07. The minimum atomic E-state index is -0.250. The number of aromatic nitrogens is 2. The fourth-order valence-electron chi connectivity index (χ4n) is 1.79. The zero-order valence-electron chi connectivity index (χ0n) is 9.40. The van der Waals surface area contributed by atoms with Crippen LogP contribution in [0.2, 0.25) is 0 Å². The molecule has 1 aromatic heterocycles. The molecule has 0 saturated heterocycles. The molecule has 0 amide bonds.